The number of hydrogen-bond donors (Lipinski definition) is 0. The first-order valence-electron chi connectivity index (χ1n) is 24.5. The van der Waals surface area contributed by atoms with E-state index in [0.717, 1.165) is 51.4 Å². The standard InChI is InChI=1S/C66H54N2/c1-5-17-47(18-6-1)41-56(54-38-40-66-62(46-54)60-26-14-16-28-64(60)68(66)58-23-11-4-12-24-58)43-49-31-36-53(37-32-49)52-34-29-48(30-35-52)42-55(51-19-7-2-8-20-51)44-50-33-39-65-61(45-50)59-25-13-15-27-63(59)67(65)57-21-9-3-10-22-57/h1-9,11-12,15-21,23-24,27-40,42-43,45-46H,10,13-14,22,25-26,41,44H2/b55-42-,56-43-. The molecule has 68 heavy (non-hydrogen) atoms. The molecule has 0 amide bonds. The molecule has 2 heterocycles. The zero-order chi connectivity index (χ0) is 45.2. The van der Waals surface area contributed by atoms with Crippen LogP contribution in [0.4, 0.5) is 0 Å². The van der Waals surface area contributed by atoms with E-state index in [1.807, 2.05) is 0 Å². The molecule has 0 saturated heterocycles. The lowest BCUT2D eigenvalue weighted by Gasteiger charge is -2.16. The summed E-state index contributed by atoms with van der Waals surface area (Å²) in [6.07, 6.45) is 29.1. The number of aryl methyl sites for hydroxylation is 2. The maximum atomic E-state index is 2.52. The summed E-state index contributed by atoms with van der Waals surface area (Å²) in [5.74, 6) is 0. The van der Waals surface area contributed by atoms with Crippen LogP contribution in [0.25, 0.3) is 79.8 Å². The van der Waals surface area contributed by atoms with Crippen molar-refractivity contribution in [1.82, 2.24) is 9.13 Å². The van der Waals surface area contributed by atoms with Crippen molar-refractivity contribution in [1.29, 1.82) is 0 Å². The summed E-state index contributed by atoms with van der Waals surface area (Å²) in [6.45, 7) is 0. The molecule has 0 spiro atoms. The monoisotopic (exact) mass is 874 g/mol. The fourth-order valence-corrected chi connectivity index (χ4v) is 10.9. The second-order valence-corrected chi connectivity index (χ2v) is 18.6. The van der Waals surface area contributed by atoms with Crippen LogP contribution in [0.1, 0.15) is 81.6 Å². The molecule has 0 unspecified atom stereocenters. The van der Waals surface area contributed by atoms with Gasteiger partial charge in [-0.1, -0.05) is 176 Å². The van der Waals surface area contributed by atoms with Gasteiger partial charge < -0.3 is 9.13 Å². The Bertz CT molecular complexity index is 3490. The van der Waals surface area contributed by atoms with Crippen LogP contribution in [0.2, 0.25) is 0 Å². The summed E-state index contributed by atoms with van der Waals surface area (Å²) in [5, 5.41) is 2.75. The summed E-state index contributed by atoms with van der Waals surface area (Å²) in [7, 11) is 0. The largest absolute Gasteiger partial charge is 0.313 e. The van der Waals surface area contributed by atoms with Gasteiger partial charge in [0, 0.05) is 33.5 Å². The molecule has 3 aliphatic rings. The van der Waals surface area contributed by atoms with Gasteiger partial charge in [0.25, 0.3) is 0 Å². The van der Waals surface area contributed by atoms with Crippen LogP contribution < -0.4 is 0 Å². The predicted octanol–water partition coefficient (Wildman–Crippen LogP) is 16.9. The van der Waals surface area contributed by atoms with Crippen LogP contribution in [-0.2, 0) is 25.7 Å². The van der Waals surface area contributed by atoms with Crippen molar-refractivity contribution in [2.75, 3.05) is 0 Å². The Morgan fingerprint density at radius 2 is 0.985 bits per heavy atom. The third kappa shape index (κ3) is 8.18. The van der Waals surface area contributed by atoms with Gasteiger partial charge in [-0.3, -0.25) is 0 Å². The van der Waals surface area contributed by atoms with Crippen molar-refractivity contribution in [2.45, 2.75) is 51.4 Å². The van der Waals surface area contributed by atoms with Crippen LogP contribution in [0.3, 0.4) is 0 Å². The van der Waals surface area contributed by atoms with Crippen molar-refractivity contribution in [3.63, 3.8) is 0 Å². The van der Waals surface area contributed by atoms with Gasteiger partial charge >= 0.3 is 0 Å². The first-order valence-corrected chi connectivity index (χ1v) is 24.5. The number of nitrogens with zero attached hydrogens (tertiary/aromatic N) is 2. The van der Waals surface area contributed by atoms with E-state index >= 15 is 0 Å². The molecule has 0 fully saturated rings. The Balaban J connectivity index is 0.835. The van der Waals surface area contributed by atoms with Gasteiger partial charge in [0.1, 0.15) is 0 Å². The van der Waals surface area contributed by atoms with Crippen molar-refractivity contribution in [3.05, 3.63) is 262 Å². The minimum Gasteiger partial charge on any atom is -0.313 e. The molecule has 9 aromatic rings. The molecular weight excluding hydrogens is 821 g/mol. The molecule has 0 N–H and O–H groups in total. The second-order valence-electron chi connectivity index (χ2n) is 18.6. The van der Waals surface area contributed by atoms with Crippen molar-refractivity contribution >= 4 is 63.0 Å². The first kappa shape index (κ1) is 41.5. The van der Waals surface area contributed by atoms with E-state index in [-0.39, 0.29) is 0 Å². The molecule has 328 valence electrons. The Hall–Kier alpha value is -7.94. The average molecular weight is 875 g/mol. The third-order valence-electron chi connectivity index (χ3n) is 14.2. The van der Waals surface area contributed by atoms with Crippen molar-refractivity contribution < 1.29 is 0 Å². The number of hydrogen-bond acceptors (Lipinski definition) is 0. The molecule has 0 aliphatic heterocycles. The zero-order valence-corrected chi connectivity index (χ0v) is 38.5. The highest BCUT2D eigenvalue weighted by Crippen LogP contribution is 2.39. The van der Waals surface area contributed by atoms with Gasteiger partial charge in [0.15, 0.2) is 0 Å². The Kier molecular flexibility index (Phi) is 11.2. The van der Waals surface area contributed by atoms with E-state index in [1.54, 1.807) is 0 Å². The molecule has 7 aromatic carbocycles. The highest BCUT2D eigenvalue weighted by molar-refractivity contribution is 5.96. The lowest BCUT2D eigenvalue weighted by atomic mass is 9.93. The molecular formula is C66H54N2. The van der Waals surface area contributed by atoms with Gasteiger partial charge in [-0.05, 0) is 173 Å². The summed E-state index contributed by atoms with van der Waals surface area (Å²) in [4.78, 5) is 0. The zero-order valence-electron chi connectivity index (χ0n) is 38.5. The van der Waals surface area contributed by atoms with E-state index in [0.29, 0.717) is 0 Å². The van der Waals surface area contributed by atoms with Crippen molar-refractivity contribution in [3.8, 4) is 16.8 Å². The fourth-order valence-electron chi connectivity index (χ4n) is 10.9. The molecule has 3 aliphatic carbocycles. The smallest absolute Gasteiger partial charge is 0.0538 e. The molecule has 2 heteroatoms. The molecule has 12 rings (SSSR count). The first-order chi connectivity index (χ1) is 33.7. The molecule has 0 bridgehead atoms. The summed E-state index contributed by atoms with van der Waals surface area (Å²) < 4.78 is 4.96. The maximum absolute atomic E-state index is 2.52. The fraction of sp³-hybridized carbons (Fsp3) is 0.121. The van der Waals surface area contributed by atoms with Crippen LogP contribution in [-0.4, -0.2) is 9.13 Å². The van der Waals surface area contributed by atoms with E-state index in [1.165, 1.54) is 111 Å². The van der Waals surface area contributed by atoms with Crippen LogP contribution in [0.5, 0.6) is 0 Å². The number of para-hydroxylation sites is 1. The lowest BCUT2D eigenvalue weighted by Crippen LogP contribution is -2.03. The number of rotatable bonds is 11. The van der Waals surface area contributed by atoms with Crippen LogP contribution in [0, 0.1) is 0 Å². The highest BCUT2D eigenvalue weighted by Gasteiger charge is 2.22. The Morgan fingerprint density at radius 1 is 0.441 bits per heavy atom. The predicted molar refractivity (Wildman–Crippen MR) is 290 cm³/mol. The summed E-state index contributed by atoms with van der Waals surface area (Å²) in [5.41, 5.74) is 23.4. The lowest BCUT2D eigenvalue weighted by molar-refractivity contribution is 0.929. The van der Waals surface area contributed by atoms with Gasteiger partial charge in [-0.25, -0.2) is 0 Å². The van der Waals surface area contributed by atoms with Crippen LogP contribution >= 0.6 is 0 Å². The van der Waals surface area contributed by atoms with E-state index in [2.05, 4.69) is 240 Å². The third-order valence-corrected chi connectivity index (χ3v) is 14.2. The minimum absolute atomic E-state index is 0.855. The van der Waals surface area contributed by atoms with E-state index in [9.17, 15) is 0 Å². The molecule has 2 aromatic heterocycles. The van der Waals surface area contributed by atoms with Gasteiger partial charge in [-0.15, -0.1) is 0 Å². The average Bonchev–Trinajstić information content (AvgIpc) is 3.92. The summed E-state index contributed by atoms with van der Waals surface area (Å²) in [6, 6.07) is 65.1. The normalized spacial score (nSPS) is 14.6. The quantitative estimate of drug-likeness (QED) is 0.115. The number of allylic oxidation sites excluding steroid dienone is 8. The van der Waals surface area contributed by atoms with Gasteiger partial charge in [-0.2, -0.15) is 0 Å². The van der Waals surface area contributed by atoms with Gasteiger partial charge in [0.2, 0.25) is 0 Å². The number of benzene rings is 7. The van der Waals surface area contributed by atoms with Gasteiger partial charge in [0.05, 0.1) is 11.0 Å². The second kappa shape index (κ2) is 18.4. The highest BCUT2D eigenvalue weighted by atomic mass is 15.0. The Morgan fingerprint density at radius 3 is 1.63 bits per heavy atom. The number of fused-ring (bicyclic) bond motifs is 6. The van der Waals surface area contributed by atoms with Crippen molar-refractivity contribution in [2.24, 2.45) is 0 Å². The molecule has 0 atom stereocenters. The summed E-state index contributed by atoms with van der Waals surface area (Å²) >= 11 is 0. The maximum Gasteiger partial charge on any atom is 0.0538 e. The topological polar surface area (TPSA) is 9.86 Å². The number of aromatic nitrogens is 2. The molecule has 0 radical (unpaired) electrons. The SMILES string of the molecule is C1=CCCC(n2c3c(c4cc(C/C(=C/c5ccc(-c6ccc(/C=C(/Cc7ccccc7)c7ccc8c(c7)c7c(n8-c8ccccc8)C=CCC7)cc6)cc5)c5ccccc5)ccc42)CCC=C3)=C1. The van der Waals surface area contributed by atoms with E-state index in [4.69, 9.17) is 0 Å². The Labute approximate surface area is 400 Å². The molecule has 0 saturated carbocycles. The van der Waals surface area contributed by atoms with Crippen LogP contribution in [0.15, 0.2) is 206 Å². The van der Waals surface area contributed by atoms with E-state index < -0.39 is 0 Å². The minimum atomic E-state index is 0.855. The molecule has 2 nitrogen and oxygen atoms in total.